The summed E-state index contributed by atoms with van der Waals surface area (Å²) in [7, 11) is 0. The molecule has 0 saturated carbocycles. The number of benzene rings is 3. The summed E-state index contributed by atoms with van der Waals surface area (Å²) in [6, 6.07) is 23.5. The summed E-state index contributed by atoms with van der Waals surface area (Å²) in [5.41, 5.74) is 2.51. The molecule has 0 aromatic heterocycles. The molecular formula is C25H31NO. The molecule has 0 heterocycles. The summed E-state index contributed by atoms with van der Waals surface area (Å²) in [6.07, 6.45) is 3.45. The highest BCUT2D eigenvalue weighted by molar-refractivity contribution is 5.82. The molecule has 142 valence electrons. The Hall–Kier alpha value is -2.32. The molecule has 2 heteroatoms. The Morgan fingerprint density at radius 2 is 1.44 bits per heavy atom. The van der Waals surface area contributed by atoms with Crippen LogP contribution in [0.5, 0.6) is 5.75 Å². The van der Waals surface area contributed by atoms with Crippen LogP contribution in [-0.2, 0) is 13.0 Å². The molecule has 0 saturated heterocycles. The number of fused-ring (bicyclic) bond motifs is 1. The van der Waals surface area contributed by atoms with Gasteiger partial charge in [-0.05, 0) is 66.4 Å². The van der Waals surface area contributed by atoms with Crippen molar-refractivity contribution in [1.82, 2.24) is 4.90 Å². The molecule has 0 aliphatic heterocycles. The predicted octanol–water partition coefficient (Wildman–Crippen LogP) is 6.08. The number of hydrogen-bond acceptors (Lipinski definition) is 2. The first kappa shape index (κ1) is 19.4. The minimum atomic E-state index is 0.607. The largest absolute Gasteiger partial charge is 0.489 e. The molecule has 3 aromatic carbocycles. The van der Waals surface area contributed by atoms with E-state index in [4.69, 9.17) is 4.74 Å². The van der Waals surface area contributed by atoms with E-state index in [1.54, 1.807) is 0 Å². The van der Waals surface area contributed by atoms with E-state index in [9.17, 15) is 0 Å². The first-order valence-electron chi connectivity index (χ1n) is 10.2. The molecule has 0 radical (unpaired) electrons. The third-order valence-electron chi connectivity index (χ3n) is 4.96. The summed E-state index contributed by atoms with van der Waals surface area (Å²) in [5, 5.41) is 2.54. The number of hydrogen-bond donors (Lipinski definition) is 0. The summed E-state index contributed by atoms with van der Waals surface area (Å²) >= 11 is 0. The fourth-order valence-electron chi connectivity index (χ4n) is 3.59. The zero-order valence-electron chi connectivity index (χ0n) is 16.7. The van der Waals surface area contributed by atoms with E-state index in [1.807, 2.05) is 0 Å². The maximum Gasteiger partial charge on any atom is 0.123 e. The van der Waals surface area contributed by atoms with Gasteiger partial charge in [-0.15, -0.1) is 0 Å². The molecule has 3 aromatic rings. The number of rotatable bonds is 10. The van der Waals surface area contributed by atoms with Crippen LogP contribution in [0.15, 0.2) is 66.7 Å². The van der Waals surface area contributed by atoms with Crippen LogP contribution in [0, 0.1) is 0 Å². The van der Waals surface area contributed by atoms with E-state index in [0.717, 1.165) is 18.7 Å². The maximum atomic E-state index is 6.21. The van der Waals surface area contributed by atoms with Crippen LogP contribution >= 0.6 is 0 Å². The first-order chi connectivity index (χ1) is 13.3. The molecule has 2 nitrogen and oxygen atoms in total. The van der Waals surface area contributed by atoms with Crippen molar-refractivity contribution >= 4 is 10.8 Å². The van der Waals surface area contributed by atoms with E-state index in [2.05, 4.69) is 85.5 Å². The molecule has 0 atom stereocenters. The number of nitrogens with zero attached hydrogens (tertiary/aromatic N) is 1. The Morgan fingerprint density at radius 1 is 0.741 bits per heavy atom. The summed E-state index contributed by atoms with van der Waals surface area (Å²) in [4.78, 5) is 2.56. The van der Waals surface area contributed by atoms with Crippen molar-refractivity contribution < 1.29 is 4.74 Å². The molecule has 0 aliphatic rings. The third-order valence-corrected chi connectivity index (χ3v) is 4.96. The zero-order chi connectivity index (χ0) is 18.9. The highest BCUT2D eigenvalue weighted by Crippen LogP contribution is 2.22. The standard InChI is InChI=1S/C25H31NO/c1-3-16-26(17-4-2)18-15-23-10-7-8-12-25(23)27-20-21-13-14-22-9-5-6-11-24(22)19-21/h5-14,19H,3-4,15-18,20H2,1-2H3. The number of para-hydroxylation sites is 1. The molecule has 0 amide bonds. The van der Waals surface area contributed by atoms with Crippen molar-refractivity contribution in [2.45, 2.75) is 39.7 Å². The smallest absolute Gasteiger partial charge is 0.123 e. The van der Waals surface area contributed by atoms with Gasteiger partial charge in [-0.3, -0.25) is 0 Å². The lowest BCUT2D eigenvalue weighted by Crippen LogP contribution is -2.27. The van der Waals surface area contributed by atoms with Crippen LogP contribution in [-0.4, -0.2) is 24.5 Å². The van der Waals surface area contributed by atoms with Gasteiger partial charge >= 0.3 is 0 Å². The van der Waals surface area contributed by atoms with Gasteiger partial charge in [-0.1, -0.05) is 68.4 Å². The van der Waals surface area contributed by atoms with Crippen molar-refractivity contribution in [2.24, 2.45) is 0 Å². The van der Waals surface area contributed by atoms with Crippen LogP contribution in [0.25, 0.3) is 10.8 Å². The summed E-state index contributed by atoms with van der Waals surface area (Å²) < 4.78 is 6.21. The topological polar surface area (TPSA) is 12.5 Å². The van der Waals surface area contributed by atoms with E-state index < -0.39 is 0 Å². The highest BCUT2D eigenvalue weighted by atomic mass is 16.5. The molecule has 0 bridgehead atoms. The molecule has 27 heavy (non-hydrogen) atoms. The van der Waals surface area contributed by atoms with Gasteiger partial charge in [0.15, 0.2) is 0 Å². The van der Waals surface area contributed by atoms with E-state index in [0.29, 0.717) is 6.61 Å². The lowest BCUT2D eigenvalue weighted by molar-refractivity contribution is 0.272. The van der Waals surface area contributed by atoms with E-state index in [-0.39, 0.29) is 0 Å². The lowest BCUT2D eigenvalue weighted by Gasteiger charge is -2.21. The second-order valence-electron chi connectivity index (χ2n) is 7.17. The van der Waals surface area contributed by atoms with Crippen molar-refractivity contribution in [3.05, 3.63) is 77.9 Å². The van der Waals surface area contributed by atoms with Crippen LogP contribution in [0.1, 0.15) is 37.8 Å². The van der Waals surface area contributed by atoms with Gasteiger partial charge < -0.3 is 9.64 Å². The summed E-state index contributed by atoms with van der Waals surface area (Å²) in [5.74, 6) is 1.01. The van der Waals surface area contributed by atoms with Crippen molar-refractivity contribution in [1.29, 1.82) is 0 Å². The second kappa shape index (κ2) is 10.1. The van der Waals surface area contributed by atoms with Gasteiger partial charge in [0.2, 0.25) is 0 Å². The Morgan fingerprint density at radius 3 is 2.22 bits per heavy atom. The Balaban J connectivity index is 1.64. The Bertz CT molecular complexity index is 836. The maximum absolute atomic E-state index is 6.21. The first-order valence-corrected chi connectivity index (χ1v) is 10.2. The molecule has 0 aliphatic carbocycles. The minimum absolute atomic E-state index is 0.607. The van der Waals surface area contributed by atoms with Gasteiger partial charge in [-0.2, -0.15) is 0 Å². The molecule has 0 spiro atoms. The van der Waals surface area contributed by atoms with E-state index in [1.165, 1.54) is 47.8 Å². The van der Waals surface area contributed by atoms with Crippen LogP contribution in [0.2, 0.25) is 0 Å². The van der Waals surface area contributed by atoms with Gasteiger partial charge in [-0.25, -0.2) is 0 Å². The fraction of sp³-hybridized carbons (Fsp3) is 0.360. The minimum Gasteiger partial charge on any atom is -0.489 e. The van der Waals surface area contributed by atoms with Crippen LogP contribution in [0.3, 0.4) is 0 Å². The molecular weight excluding hydrogens is 330 g/mol. The van der Waals surface area contributed by atoms with Crippen LogP contribution < -0.4 is 4.74 Å². The molecule has 0 fully saturated rings. The molecule has 0 N–H and O–H groups in total. The van der Waals surface area contributed by atoms with Gasteiger partial charge in [0.25, 0.3) is 0 Å². The predicted molar refractivity (Wildman–Crippen MR) is 115 cm³/mol. The van der Waals surface area contributed by atoms with Crippen molar-refractivity contribution in [2.75, 3.05) is 19.6 Å². The SMILES string of the molecule is CCCN(CCC)CCc1ccccc1OCc1ccc2ccccc2c1. The zero-order valence-corrected chi connectivity index (χ0v) is 16.7. The van der Waals surface area contributed by atoms with E-state index >= 15 is 0 Å². The molecule has 3 rings (SSSR count). The van der Waals surface area contributed by atoms with Gasteiger partial charge in [0.1, 0.15) is 12.4 Å². The van der Waals surface area contributed by atoms with Gasteiger partial charge in [0.05, 0.1) is 0 Å². The lowest BCUT2D eigenvalue weighted by atomic mass is 10.1. The Labute approximate surface area is 163 Å². The quantitative estimate of drug-likeness (QED) is 0.434. The van der Waals surface area contributed by atoms with Gasteiger partial charge in [0, 0.05) is 6.54 Å². The number of ether oxygens (including phenoxy) is 1. The second-order valence-corrected chi connectivity index (χ2v) is 7.17. The summed E-state index contributed by atoms with van der Waals surface area (Å²) in [6.45, 7) is 8.56. The van der Waals surface area contributed by atoms with Crippen molar-refractivity contribution in [3.63, 3.8) is 0 Å². The third kappa shape index (κ3) is 5.58. The Kier molecular flexibility index (Phi) is 7.29. The fourth-order valence-corrected chi connectivity index (χ4v) is 3.59. The average Bonchev–Trinajstić information content (AvgIpc) is 2.71. The molecule has 0 unspecified atom stereocenters. The average molecular weight is 362 g/mol. The normalized spacial score (nSPS) is 11.2. The van der Waals surface area contributed by atoms with Crippen molar-refractivity contribution in [3.8, 4) is 5.75 Å². The monoisotopic (exact) mass is 361 g/mol. The van der Waals surface area contributed by atoms with Crippen LogP contribution in [0.4, 0.5) is 0 Å². The highest BCUT2D eigenvalue weighted by Gasteiger charge is 2.07.